The molecule has 6 heteroatoms. The lowest BCUT2D eigenvalue weighted by molar-refractivity contribution is -0.111. The van der Waals surface area contributed by atoms with Crippen LogP contribution in [0.1, 0.15) is 5.56 Å². The number of nitrogens with one attached hydrogen (secondary N) is 1. The van der Waals surface area contributed by atoms with Crippen LogP contribution < -0.4 is 24.3 Å². The topological polar surface area (TPSA) is 66.0 Å². The molecular weight excluding hydrogens is 322 g/mol. The van der Waals surface area contributed by atoms with Gasteiger partial charge in [-0.05, 0) is 36.4 Å². The molecule has 0 aliphatic rings. The maximum Gasteiger partial charge on any atom is 0.248 e. The Morgan fingerprint density at radius 1 is 0.840 bits per heavy atom. The number of carbonyl (C=O) groups excluding carboxylic acids is 1. The quantitative estimate of drug-likeness (QED) is 0.781. The molecule has 1 amide bonds. The van der Waals surface area contributed by atoms with Crippen LogP contribution in [0.25, 0.3) is 6.08 Å². The first-order valence-corrected chi connectivity index (χ1v) is 7.54. The molecule has 2 aromatic rings. The third kappa shape index (κ3) is 4.67. The molecule has 0 aliphatic carbocycles. The monoisotopic (exact) mass is 343 g/mol. The molecule has 0 bridgehead atoms. The molecule has 25 heavy (non-hydrogen) atoms. The third-order valence-electron chi connectivity index (χ3n) is 3.52. The summed E-state index contributed by atoms with van der Waals surface area (Å²) in [5.74, 6) is 2.18. The van der Waals surface area contributed by atoms with Crippen molar-refractivity contribution in [1.82, 2.24) is 0 Å². The van der Waals surface area contributed by atoms with Crippen LogP contribution >= 0.6 is 0 Å². The number of carbonyl (C=O) groups is 1. The van der Waals surface area contributed by atoms with E-state index in [0.29, 0.717) is 28.7 Å². The number of rotatable bonds is 7. The van der Waals surface area contributed by atoms with Crippen LogP contribution in [0.5, 0.6) is 23.0 Å². The summed E-state index contributed by atoms with van der Waals surface area (Å²) in [4.78, 5) is 12.2. The van der Waals surface area contributed by atoms with Crippen molar-refractivity contribution in [2.24, 2.45) is 0 Å². The highest BCUT2D eigenvalue weighted by Gasteiger charge is 2.08. The third-order valence-corrected chi connectivity index (χ3v) is 3.52. The highest BCUT2D eigenvalue weighted by atomic mass is 16.5. The Balaban J connectivity index is 2.16. The van der Waals surface area contributed by atoms with Crippen molar-refractivity contribution in [1.29, 1.82) is 0 Å². The summed E-state index contributed by atoms with van der Waals surface area (Å²) in [6.07, 6.45) is 3.08. The van der Waals surface area contributed by atoms with Gasteiger partial charge in [-0.15, -0.1) is 0 Å². The summed E-state index contributed by atoms with van der Waals surface area (Å²) < 4.78 is 20.9. The van der Waals surface area contributed by atoms with Crippen LogP contribution in [-0.4, -0.2) is 34.3 Å². The Morgan fingerprint density at radius 2 is 1.48 bits per heavy atom. The second-order valence-corrected chi connectivity index (χ2v) is 5.00. The van der Waals surface area contributed by atoms with Gasteiger partial charge in [-0.3, -0.25) is 4.79 Å². The number of hydrogen-bond acceptors (Lipinski definition) is 5. The minimum atomic E-state index is -0.298. The van der Waals surface area contributed by atoms with Crippen LogP contribution in [0.15, 0.2) is 42.5 Å². The number of amides is 1. The molecule has 0 atom stereocenters. The van der Waals surface area contributed by atoms with E-state index in [4.69, 9.17) is 18.9 Å². The minimum Gasteiger partial charge on any atom is -0.497 e. The van der Waals surface area contributed by atoms with E-state index in [0.717, 1.165) is 5.56 Å². The van der Waals surface area contributed by atoms with E-state index in [1.165, 1.54) is 13.2 Å². The summed E-state index contributed by atoms with van der Waals surface area (Å²) in [5.41, 5.74) is 1.29. The molecule has 0 unspecified atom stereocenters. The van der Waals surface area contributed by atoms with Crippen LogP contribution in [0.4, 0.5) is 5.69 Å². The number of anilines is 1. The molecule has 0 aliphatic heterocycles. The van der Waals surface area contributed by atoms with Crippen molar-refractivity contribution < 1.29 is 23.7 Å². The molecule has 132 valence electrons. The zero-order valence-corrected chi connectivity index (χ0v) is 14.7. The molecule has 2 rings (SSSR count). The van der Waals surface area contributed by atoms with Crippen LogP contribution in [0.2, 0.25) is 0 Å². The lowest BCUT2D eigenvalue weighted by Crippen LogP contribution is -2.09. The van der Waals surface area contributed by atoms with E-state index in [9.17, 15) is 4.79 Å². The molecule has 0 saturated heterocycles. The molecule has 0 aromatic heterocycles. The first kappa shape index (κ1) is 18.2. The smallest absolute Gasteiger partial charge is 0.248 e. The summed E-state index contributed by atoms with van der Waals surface area (Å²) in [5, 5.41) is 2.77. The van der Waals surface area contributed by atoms with E-state index in [2.05, 4.69) is 5.32 Å². The first-order chi connectivity index (χ1) is 12.1. The summed E-state index contributed by atoms with van der Waals surface area (Å²) in [6.45, 7) is 0. The van der Waals surface area contributed by atoms with Gasteiger partial charge in [-0.25, -0.2) is 0 Å². The average molecular weight is 343 g/mol. The number of hydrogen-bond donors (Lipinski definition) is 1. The van der Waals surface area contributed by atoms with E-state index in [1.54, 1.807) is 63.8 Å². The highest BCUT2D eigenvalue weighted by Crippen LogP contribution is 2.29. The fraction of sp³-hybridized carbons (Fsp3) is 0.211. The maximum atomic E-state index is 12.2. The van der Waals surface area contributed by atoms with Gasteiger partial charge in [0.1, 0.15) is 23.0 Å². The molecule has 0 fully saturated rings. The second-order valence-electron chi connectivity index (χ2n) is 5.00. The van der Waals surface area contributed by atoms with Gasteiger partial charge < -0.3 is 24.3 Å². The average Bonchev–Trinajstić information content (AvgIpc) is 2.66. The molecule has 1 N–H and O–H groups in total. The molecule has 0 spiro atoms. The Labute approximate surface area is 147 Å². The van der Waals surface area contributed by atoms with Gasteiger partial charge in [-0.2, -0.15) is 0 Å². The SMILES string of the molecule is COc1ccc(OC)c(C=CC(=O)Nc2ccc(OC)cc2OC)c1. The lowest BCUT2D eigenvalue weighted by Gasteiger charge is -2.10. The fourth-order valence-corrected chi connectivity index (χ4v) is 2.21. The Hall–Kier alpha value is -3.15. The first-order valence-electron chi connectivity index (χ1n) is 7.54. The van der Waals surface area contributed by atoms with Gasteiger partial charge in [0.2, 0.25) is 5.91 Å². The molecule has 0 heterocycles. The van der Waals surface area contributed by atoms with Crippen molar-refractivity contribution in [3.8, 4) is 23.0 Å². The van der Waals surface area contributed by atoms with E-state index >= 15 is 0 Å². The molecule has 2 aromatic carbocycles. The van der Waals surface area contributed by atoms with Gasteiger partial charge in [0.15, 0.2) is 0 Å². The summed E-state index contributed by atoms with van der Waals surface area (Å²) in [7, 11) is 6.25. The predicted octanol–water partition coefficient (Wildman–Crippen LogP) is 3.37. The van der Waals surface area contributed by atoms with Crippen molar-refractivity contribution in [3.63, 3.8) is 0 Å². The maximum absolute atomic E-state index is 12.2. The van der Waals surface area contributed by atoms with Crippen LogP contribution in [0.3, 0.4) is 0 Å². The van der Waals surface area contributed by atoms with Crippen molar-refractivity contribution in [2.75, 3.05) is 33.8 Å². The van der Waals surface area contributed by atoms with E-state index in [1.807, 2.05) is 0 Å². The number of benzene rings is 2. The van der Waals surface area contributed by atoms with Crippen molar-refractivity contribution in [2.45, 2.75) is 0 Å². The zero-order valence-electron chi connectivity index (χ0n) is 14.7. The Morgan fingerprint density at radius 3 is 2.12 bits per heavy atom. The molecular formula is C19H21NO5. The summed E-state index contributed by atoms with van der Waals surface area (Å²) >= 11 is 0. The molecule has 6 nitrogen and oxygen atoms in total. The molecule has 0 radical (unpaired) electrons. The normalized spacial score (nSPS) is 10.4. The van der Waals surface area contributed by atoms with Gasteiger partial charge in [0.25, 0.3) is 0 Å². The largest absolute Gasteiger partial charge is 0.497 e. The van der Waals surface area contributed by atoms with E-state index < -0.39 is 0 Å². The van der Waals surface area contributed by atoms with E-state index in [-0.39, 0.29) is 5.91 Å². The standard InChI is InChI=1S/C19H21NO5/c1-22-14-7-9-17(24-3)13(11-14)5-10-19(21)20-16-8-6-15(23-2)12-18(16)25-4/h5-12H,1-4H3,(H,20,21). The Kier molecular flexibility index (Phi) is 6.28. The van der Waals surface area contributed by atoms with Gasteiger partial charge in [0, 0.05) is 17.7 Å². The number of ether oxygens (including phenoxy) is 4. The predicted molar refractivity (Wildman–Crippen MR) is 96.8 cm³/mol. The van der Waals surface area contributed by atoms with Crippen molar-refractivity contribution >= 4 is 17.7 Å². The van der Waals surface area contributed by atoms with Gasteiger partial charge in [-0.1, -0.05) is 0 Å². The lowest BCUT2D eigenvalue weighted by atomic mass is 10.1. The molecule has 0 saturated carbocycles. The van der Waals surface area contributed by atoms with Crippen molar-refractivity contribution in [3.05, 3.63) is 48.0 Å². The zero-order chi connectivity index (χ0) is 18.2. The highest BCUT2D eigenvalue weighted by molar-refractivity contribution is 6.03. The van der Waals surface area contributed by atoms with Gasteiger partial charge in [0.05, 0.1) is 34.1 Å². The van der Waals surface area contributed by atoms with Crippen LogP contribution in [0, 0.1) is 0 Å². The summed E-state index contributed by atoms with van der Waals surface area (Å²) in [6, 6.07) is 10.5. The minimum absolute atomic E-state index is 0.298. The van der Waals surface area contributed by atoms with Crippen LogP contribution in [-0.2, 0) is 4.79 Å². The number of methoxy groups -OCH3 is 4. The Bertz CT molecular complexity index is 770. The van der Waals surface area contributed by atoms with Gasteiger partial charge >= 0.3 is 0 Å². The fourth-order valence-electron chi connectivity index (χ4n) is 2.21. The second kappa shape index (κ2) is 8.63.